The number of nitrogens with two attached hydrogens (primary N) is 1. The van der Waals surface area contributed by atoms with Gasteiger partial charge < -0.3 is 10.6 Å². The molecule has 3 nitrogen and oxygen atoms in total. The Morgan fingerprint density at radius 2 is 1.95 bits per heavy atom. The summed E-state index contributed by atoms with van der Waals surface area (Å²) in [4.78, 5) is 14.3. The average Bonchev–Trinajstić information content (AvgIpc) is 3.02. The maximum absolute atomic E-state index is 12.3. The number of carbonyl (C=O) groups is 1. The standard InChI is InChI=1S/C15H20N2O.ClH/c1-11-13(12-5-3-2-4-6-12)7-10-17(11)14(18)15(16)8-9-15;/h2-6,11,13H,7-10,16H2,1H3;1H. The molecule has 1 saturated heterocycles. The third-order valence-electron chi connectivity index (χ3n) is 4.46. The highest BCUT2D eigenvalue weighted by Crippen LogP contribution is 2.39. The monoisotopic (exact) mass is 280 g/mol. The van der Waals surface area contributed by atoms with E-state index in [2.05, 4.69) is 31.2 Å². The second-order valence-corrected chi connectivity index (χ2v) is 5.70. The smallest absolute Gasteiger partial charge is 0.242 e. The van der Waals surface area contributed by atoms with E-state index >= 15 is 0 Å². The van der Waals surface area contributed by atoms with E-state index in [1.807, 2.05) is 11.0 Å². The third kappa shape index (κ3) is 2.49. The largest absolute Gasteiger partial charge is 0.338 e. The average molecular weight is 281 g/mol. The van der Waals surface area contributed by atoms with Gasteiger partial charge in [-0.15, -0.1) is 12.4 Å². The number of halogens is 1. The quantitative estimate of drug-likeness (QED) is 0.904. The molecule has 2 atom stereocenters. The molecule has 2 fully saturated rings. The predicted octanol–water partition coefficient (Wildman–Crippen LogP) is 2.30. The van der Waals surface area contributed by atoms with Crippen LogP contribution in [0.4, 0.5) is 0 Å². The number of hydrogen-bond acceptors (Lipinski definition) is 2. The summed E-state index contributed by atoms with van der Waals surface area (Å²) < 4.78 is 0. The lowest BCUT2D eigenvalue weighted by Gasteiger charge is -2.27. The molecule has 1 aliphatic carbocycles. The van der Waals surface area contributed by atoms with Crippen LogP contribution in [-0.2, 0) is 4.79 Å². The molecule has 19 heavy (non-hydrogen) atoms. The van der Waals surface area contributed by atoms with Gasteiger partial charge in [0, 0.05) is 18.5 Å². The number of nitrogens with zero attached hydrogens (tertiary/aromatic N) is 1. The lowest BCUT2D eigenvalue weighted by Crippen LogP contribution is -2.47. The number of carbonyl (C=O) groups excluding carboxylic acids is 1. The van der Waals surface area contributed by atoms with Gasteiger partial charge >= 0.3 is 0 Å². The molecule has 0 aromatic heterocycles. The van der Waals surface area contributed by atoms with E-state index in [9.17, 15) is 4.79 Å². The zero-order valence-corrected chi connectivity index (χ0v) is 12.0. The van der Waals surface area contributed by atoms with Crippen LogP contribution in [0.25, 0.3) is 0 Å². The first-order chi connectivity index (χ1) is 8.62. The minimum absolute atomic E-state index is 0. The van der Waals surface area contributed by atoms with Crippen LogP contribution < -0.4 is 5.73 Å². The van der Waals surface area contributed by atoms with E-state index in [-0.39, 0.29) is 24.4 Å². The molecule has 4 heteroatoms. The molecule has 0 spiro atoms. The van der Waals surface area contributed by atoms with Gasteiger partial charge in [-0.3, -0.25) is 4.79 Å². The van der Waals surface area contributed by atoms with Gasteiger partial charge in [0.25, 0.3) is 0 Å². The maximum Gasteiger partial charge on any atom is 0.242 e. The lowest BCUT2D eigenvalue weighted by atomic mass is 9.93. The van der Waals surface area contributed by atoms with Crippen molar-refractivity contribution in [3.63, 3.8) is 0 Å². The summed E-state index contributed by atoms with van der Waals surface area (Å²) in [5.74, 6) is 0.617. The van der Waals surface area contributed by atoms with Crippen molar-refractivity contribution in [3.05, 3.63) is 35.9 Å². The van der Waals surface area contributed by atoms with Crippen molar-refractivity contribution >= 4 is 18.3 Å². The second-order valence-electron chi connectivity index (χ2n) is 5.70. The highest BCUT2D eigenvalue weighted by atomic mass is 35.5. The van der Waals surface area contributed by atoms with Crippen LogP contribution in [0.5, 0.6) is 0 Å². The minimum atomic E-state index is -0.528. The topological polar surface area (TPSA) is 46.3 Å². The van der Waals surface area contributed by atoms with Gasteiger partial charge in [0.05, 0.1) is 5.54 Å². The first kappa shape index (κ1) is 14.4. The van der Waals surface area contributed by atoms with Gasteiger partial charge in [0.1, 0.15) is 0 Å². The van der Waals surface area contributed by atoms with E-state index in [0.29, 0.717) is 5.92 Å². The van der Waals surface area contributed by atoms with Crippen LogP contribution >= 0.6 is 12.4 Å². The van der Waals surface area contributed by atoms with E-state index in [4.69, 9.17) is 5.73 Å². The van der Waals surface area contributed by atoms with E-state index in [1.165, 1.54) is 5.56 Å². The zero-order valence-electron chi connectivity index (χ0n) is 11.2. The van der Waals surface area contributed by atoms with E-state index < -0.39 is 5.54 Å². The van der Waals surface area contributed by atoms with Crippen molar-refractivity contribution in [3.8, 4) is 0 Å². The SMILES string of the molecule is CC1C(c2ccccc2)CCN1C(=O)C1(N)CC1.Cl. The first-order valence-corrected chi connectivity index (χ1v) is 6.77. The van der Waals surface area contributed by atoms with Gasteiger partial charge in [0.15, 0.2) is 0 Å². The fraction of sp³-hybridized carbons (Fsp3) is 0.533. The van der Waals surface area contributed by atoms with Crippen molar-refractivity contribution in [1.82, 2.24) is 4.90 Å². The maximum atomic E-state index is 12.3. The fourth-order valence-electron chi connectivity index (χ4n) is 3.01. The minimum Gasteiger partial charge on any atom is -0.338 e. The molecule has 1 aliphatic heterocycles. The van der Waals surface area contributed by atoms with Gasteiger partial charge in [-0.1, -0.05) is 30.3 Å². The number of rotatable bonds is 2. The molecule has 1 saturated carbocycles. The van der Waals surface area contributed by atoms with Crippen LogP contribution in [0.15, 0.2) is 30.3 Å². The normalized spacial score (nSPS) is 27.8. The molecule has 1 heterocycles. The summed E-state index contributed by atoms with van der Waals surface area (Å²) in [6, 6.07) is 10.7. The van der Waals surface area contributed by atoms with Crippen molar-refractivity contribution < 1.29 is 4.79 Å². The number of likely N-dealkylation sites (tertiary alicyclic amines) is 1. The Bertz CT molecular complexity index is 458. The van der Waals surface area contributed by atoms with Gasteiger partial charge in [-0.25, -0.2) is 0 Å². The molecule has 1 amide bonds. The Morgan fingerprint density at radius 1 is 1.32 bits per heavy atom. The molecule has 0 bridgehead atoms. The van der Waals surface area contributed by atoms with Crippen LogP contribution in [0.3, 0.4) is 0 Å². The van der Waals surface area contributed by atoms with Crippen LogP contribution in [0, 0.1) is 0 Å². The Balaban J connectivity index is 0.00000133. The molecule has 104 valence electrons. The molecule has 2 unspecified atom stereocenters. The summed E-state index contributed by atoms with van der Waals surface area (Å²) in [6.45, 7) is 2.99. The highest BCUT2D eigenvalue weighted by molar-refractivity contribution is 5.89. The Hall–Kier alpha value is -1.06. The van der Waals surface area contributed by atoms with Crippen LogP contribution in [0.2, 0.25) is 0 Å². The molecule has 2 aliphatic rings. The third-order valence-corrected chi connectivity index (χ3v) is 4.46. The van der Waals surface area contributed by atoms with E-state index in [0.717, 1.165) is 25.8 Å². The highest BCUT2D eigenvalue weighted by Gasteiger charge is 2.50. The predicted molar refractivity (Wildman–Crippen MR) is 78.4 cm³/mol. The summed E-state index contributed by atoms with van der Waals surface area (Å²) in [6.07, 6.45) is 2.75. The number of hydrogen-bond donors (Lipinski definition) is 1. The van der Waals surface area contributed by atoms with Gasteiger partial charge in [-0.2, -0.15) is 0 Å². The van der Waals surface area contributed by atoms with Crippen molar-refractivity contribution in [2.24, 2.45) is 5.73 Å². The Kier molecular flexibility index (Phi) is 3.88. The molecular formula is C15H21ClN2O. The summed E-state index contributed by atoms with van der Waals surface area (Å²) in [5.41, 5.74) is 6.83. The van der Waals surface area contributed by atoms with E-state index in [1.54, 1.807) is 0 Å². The Labute approximate surface area is 120 Å². The summed E-state index contributed by atoms with van der Waals surface area (Å²) in [7, 11) is 0. The number of amides is 1. The number of benzene rings is 1. The van der Waals surface area contributed by atoms with Gasteiger partial charge in [0.2, 0.25) is 5.91 Å². The van der Waals surface area contributed by atoms with Crippen LogP contribution in [-0.4, -0.2) is 28.9 Å². The van der Waals surface area contributed by atoms with Gasteiger partial charge in [-0.05, 0) is 31.7 Å². The molecule has 0 radical (unpaired) electrons. The van der Waals surface area contributed by atoms with Crippen molar-refractivity contribution in [1.29, 1.82) is 0 Å². The van der Waals surface area contributed by atoms with Crippen molar-refractivity contribution in [2.45, 2.75) is 43.7 Å². The summed E-state index contributed by atoms with van der Waals surface area (Å²) in [5, 5.41) is 0. The molecule has 1 aromatic carbocycles. The molecule has 1 aromatic rings. The molecular weight excluding hydrogens is 260 g/mol. The Morgan fingerprint density at radius 3 is 2.53 bits per heavy atom. The second kappa shape index (κ2) is 5.14. The summed E-state index contributed by atoms with van der Waals surface area (Å²) >= 11 is 0. The zero-order chi connectivity index (χ0) is 12.8. The molecule has 3 rings (SSSR count). The fourth-order valence-corrected chi connectivity index (χ4v) is 3.01. The molecule has 2 N–H and O–H groups in total. The first-order valence-electron chi connectivity index (χ1n) is 6.77. The van der Waals surface area contributed by atoms with Crippen LogP contribution in [0.1, 0.15) is 37.7 Å². The lowest BCUT2D eigenvalue weighted by molar-refractivity contribution is -0.134. The van der Waals surface area contributed by atoms with Crippen molar-refractivity contribution in [2.75, 3.05) is 6.54 Å².